The van der Waals surface area contributed by atoms with Gasteiger partial charge in [0.1, 0.15) is 5.82 Å². The Hall–Kier alpha value is -2.69. The van der Waals surface area contributed by atoms with E-state index in [1.807, 2.05) is 42.5 Å². The number of benzene rings is 1. The predicted octanol–water partition coefficient (Wildman–Crippen LogP) is 2.27. The molecule has 5 heteroatoms. The van der Waals surface area contributed by atoms with Crippen LogP contribution in [0.15, 0.2) is 48.5 Å². The van der Waals surface area contributed by atoms with Crippen molar-refractivity contribution in [2.75, 3.05) is 18.6 Å². The third-order valence-corrected chi connectivity index (χ3v) is 3.74. The highest BCUT2D eigenvalue weighted by Crippen LogP contribution is 2.26. The molecule has 0 saturated carbocycles. The van der Waals surface area contributed by atoms with Gasteiger partial charge in [-0.25, -0.2) is 4.98 Å². The first-order chi connectivity index (χ1) is 10.7. The van der Waals surface area contributed by atoms with Crippen LogP contribution in [0.4, 0.5) is 5.82 Å². The number of pyridine rings is 1. The lowest BCUT2D eigenvalue weighted by Gasteiger charge is -2.16. The van der Waals surface area contributed by atoms with Crippen molar-refractivity contribution < 1.29 is 14.3 Å². The summed E-state index contributed by atoms with van der Waals surface area (Å²) in [5.74, 6) is -0.305. The average Bonchev–Trinajstić information content (AvgIpc) is 2.97. The lowest BCUT2D eigenvalue weighted by molar-refractivity contribution is -0.145. The Kier molecular flexibility index (Phi) is 3.87. The summed E-state index contributed by atoms with van der Waals surface area (Å²) < 4.78 is 4.72. The fourth-order valence-corrected chi connectivity index (χ4v) is 2.60. The van der Waals surface area contributed by atoms with E-state index in [4.69, 9.17) is 4.74 Å². The molecule has 22 heavy (non-hydrogen) atoms. The van der Waals surface area contributed by atoms with E-state index in [0.717, 1.165) is 11.3 Å². The van der Waals surface area contributed by atoms with Crippen molar-refractivity contribution in [3.8, 4) is 11.3 Å². The van der Waals surface area contributed by atoms with Gasteiger partial charge in [-0.15, -0.1) is 0 Å². The first-order valence-electron chi connectivity index (χ1n) is 7.09. The van der Waals surface area contributed by atoms with Crippen LogP contribution in [-0.2, 0) is 14.3 Å². The van der Waals surface area contributed by atoms with Gasteiger partial charge in [0.2, 0.25) is 5.91 Å². The molecule has 1 saturated heterocycles. The van der Waals surface area contributed by atoms with E-state index in [1.165, 1.54) is 7.11 Å². The van der Waals surface area contributed by atoms with Crippen LogP contribution in [0.1, 0.15) is 6.42 Å². The molecule has 1 amide bonds. The molecule has 2 aromatic rings. The fourth-order valence-electron chi connectivity index (χ4n) is 2.60. The van der Waals surface area contributed by atoms with Crippen molar-refractivity contribution in [1.82, 2.24) is 4.98 Å². The fraction of sp³-hybridized carbons (Fsp3) is 0.235. The number of aromatic nitrogens is 1. The van der Waals surface area contributed by atoms with Crippen molar-refractivity contribution in [3.63, 3.8) is 0 Å². The van der Waals surface area contributed by atoms with Gasteiger partial charge in [-0.2, -0.15) is 0 Å². The standard InChI is InChI=1S/C17H16N2O3/c1-22-17(21)13-10-16(20)19(11-13)15-9-5-8-14(18-15)12-6-3-2-4-7-12/h2-9,13H,10-11H2,1H3. The summed E-state index contributed by atoms with van der Waals surface area (Å²) >= 11 is 0. The topological polar surface area (TPSA) is 59.5 Å². The number of carbonyl (C=O) groups is 2. The Bertz CT molecular complexity index is 700. The maximum absolute atomic E-state index is 12.1. The van der Waals surface area contributed by atoms with Crippen molar-refractivity contribution in [3.05, 3.63) is 48.5 Å². The highest BCUT2D eigenvalue weighted by Gasteiger charge is 2.36. The van der Waals surface area contributed by atoms with Crippen LogP contribution in [0.25, 0.3) is 11.3 Å². The maximum Gasteiger partial charge on any atom is 0.311 e. The van der Waals surface area contributed by atoms with E-state index in [2.05, 4.69) is 4.98 Å². The minimum atomic E-state index is -0.417. The third-order valence-electron chi connectivity index (χ3n) is 3.74. The average molecular weight is 296 g/mol. The van der Waals surface area contributed by atoms with Gasteiger partial charge in [-0.1, -0.05) is 36.4 Å². The number of anilines is 1. The minimum absolute atomic E-state index is 0.104. The van der Waals surface area contributed by atoms with E-state index in [9.17, 15) is 9.59 Å². The molecule has 112 valence electrons. The molecule has 1 aliphatic heterocycles. The van der Waals surface area contributed by atoms with Gasteiger partial charge >= 0.3 is 5.97 Å². The van der Waals surface area contributed by atoms with Gasteiger partial charge in [-0.05, 0) is 12.1 Å². The molecule has 0 aliphatic carbocycles. The molecular formula is C17H16N2O3. The highest BCUT2D eigenvalue weighted by atomic mass is 16.5. The van der Waals surface area contributed by atoms with Crippen LogP contribution in [-0.4, -0.2) is 30.5 Å². The summed E-state index contributed by atoms with van der Waals surface area (Å²) in [6.07, 6.45) is 0.171. The first-order valence-corrected chi connectivity index (χ1v) is 7.09. The maximum atomic E-state index is 12.1. The molecule has 0 N–H and O–H groups in total. The summed E-state index contributed by atoms with van der Waals surface area (Å²) in [4.78, 5) is 29.8. The largest absolute Gasteiger partial charge is 0.469 e. The molecule has 1 unspecified atom stereocenters. The molecule has 1 aliphatic rings. The van der Waals surface area contributed by atoms with E-state index < -0.39 is 5.92 Å². The second-order valence-electron chi connectivity index (χ2n) is 5.18. The third kappa shape index (κ3) is 2.70. The Labute approximate surface area is 128 Å². The number of hydrogen-bond acceptors (Lipinski definition) is 4. The quantitative estimate of drug-likeness (QED) is 0.815. The zero-order valence-electron chi connectivity index (χ0n) is 12.2. The number of methoxy groups -OCH3 is 1. The zero-order valence-corrected chi connectivity index (χ0v) is 12.2. The van der Waals surface area contributed by atoms with E-state index in [0.29, 0.717) is 12.4 Å². The van der Waals surface area contributed by atoms with Crippen LogP contribution >= 0.6 is 0 Å². The SMILES string of the molecule is COC(=O)C1CC(=O)N(c2cccc(-c3ccccc3)n2)C1. The van der Waals surface area contributed by atoms with Crippen molar-refractivity contribution >= 4 is 17.7 Å². The number of carbonyl (C=O) groups excluding carboxylic acids is 2. The van der Waals surface area contributed by atoms with Crippen molar-refractivity contribution in [2.45, 2.75) is 6.42 Å². The Morgan fingerprint density at radius 1 is 1.18 bits per heavy atom. The number of esters is 1. The van der Waals surface area contributed by atoms with Gasteiger partial charge in [0.15, 0.2) is 0 Å². The van der Waals surface area contributed by atoms with Gasteiger partial charge in [0.25, 0.3) is 0 Å². The van der Waals surface area contributed by atoms with Crippen LogP contribution < -0.4 is 4.90 Å². The van der Waals surface area contributed by atoms with E-state index >= 15 is 0 Å². The zero-order chi connectivity index (χ0) is 15.5. The lowest BCUT2D eigenvalue weighted by Crippen LogP contribution is -2.27. The van der Waals surface area contributed by atoms with Crippen LogP contribution in [0.2, 0.25) is 0 Å². The summed E-state index contributed by atoms with van der Waals surface area (Å²) in [6.45, 7) is 0.316. The number of ether oxygens (including phenoxy) is 1. The molecule has 3 rings (SSSR count). The number of rotatable bonds is 3. The Balaban J connectivity index is 1.87. The summed E-state index contributed by atoms with van der Waals surface area (Å²) in [5, 5.41) is 0. The smallest absolute Gasteiger partial charge is 0.311 e. The molecule has 0 bridgehead atoms. The van der Waals surface area contributed by atoms with Crippen LogP contribution in [0, 0.1) is 5.92 Å². The van der Waals surface area contributed by atoms with Gasteiger partial charge in [0, 0.05) is 18.5 Å². The lowest BCUT2D eigenvalue weighted by atomic mass is 10.1. The molecule has 1 aromatic carbocycles. The molecule has 5 nitrogen and oxygen atoms in total. The molecular weight excluding hydrogens is 280 g/mol. The summed E-state index contributed by atoms with van der Waals surface area (Å²) in [7, 11) is 1.34. The molecule has 1 atom stereocenters. The predicted molar refractivity (Wildman–Crippen MR) is 82.1 cm³/mol. The minimum Gasteiger partial charge on any atom is -0.469 e. The van der Waals surface area contributed by atoms with E-state index in [-0.39, 0.29) is 18.3 Å². The normalized spacial score (nSPS) is 17.6. The second-order valence-corrected chi connectivity index (χ2v) is 5.18. The van der Waals surface area contributed by atoms with Crippen molar-refractivity contribution in [1.29, 1.82) is 0 Å². The number of amides is 1. The van der Waals surface area contributed by atoms with Crippen LogP contribution in [0.3, 0.4) is 0 Å². The number of hydrogen-bond donors (Lipinski definition) is 0. The van der Waals surface area contributed by atoms with E-state index in [1.54, 1.807) is 11.0 Å². The monoisotopic (exact) mass is 296 g/mol. The summed E-state index contributed by atoms with van der Waals surface area (Å²) in [5.41, 5.74) is 1.79. The second kappa shape index (κ2) is 5.97. The van der Waals surface area contributed by atoms with Crippen LogP contribution in [0.5, 0.6) is 0 Å². The van der Waals surface area contributed by atoms with Gasteiger partial charge in [0.05, 0.1) is 18.7 Å². The molecule has 0 spiro atoms. The Morgan fingerprint density at radius 3 is 2.68 bits per heavy atom. The Morgan fingerprint density at radius 2 is 1.95 bits per heavy atom. The van der Waals surface area contributed by atoms with Crippen molar-refractivity contribution in [2.24, 2.45) is 5.92 Å². The van der Waals surface area contributed by atoms with Gasteiger partial charge < -0.3 is 4.74 Å². The van der Waals surface area contributed by atoms with Gasteiger partial charge in [-0.3, -0.25) is 14.5 Å². The molecule has 1 fully saturated rings. The first kappa shape index (κ1) is 14.3. The summed E-state index contributed by atoms with van der Waals surface area (Å²) in [6, 6.07) is 15.3. The molecule has 1 aromatic heterocycles. The number of nitrogens with zero attached hydrogens (tertiary/aromatic N) is 2. The highest BCUT2D eigenvalue weighted by molar-refractivity contribution is 5.98. The molecule has 0 radical (unpaired) electrons. The molecule has 2 heterocycles.